The number of nitrogens with one attached hydrogen (secondary N) is 7. The van der Waals surface area contributed by atoms with E-state index >= 15 is 0 Å². The van der Waals surface area contributed by atoms with Crippen molar-refractivity contribution in [3.63, 3.8) is 0 Å². The lowest BCUT2D eigenvalue weighted by Gasteiger charge is -2.28. The number of phenols is 1. The number of amides is 8. The van der Waals surface area contributed by atoms with E-state index in [1.807, 2.05) is 27.7 Å². The predicted molar refractivity (Wildman–Crippen MR) is 264 cm³/mol. The summed E-state index contributed by atoms with van der Waals surface area (Å²) in [5, 5.41) is 27.6. The van der Waals surface area contributed by atoms with Gasteiger partial charge in [-0.05, 0) is 80.0 Å². The summed E-state index contributed by atoms with van der Waals surface area (Å²) in [6.45, 7) is 6.44. The standard InChI is InChI=1S/C46H73N15O9/c1-26(2)20-34(39(48)65)60-42(68)33(13-9-19-54-46(51)52)58-41(67)32(12-8-18-53-45(49)50)59-43(69)35(21-27(3)4)61-44(70)36(23-28-10-6-5-7-11-28)57-38(64)25-55-37(63)24-56-40(66)31(47)22-29-14-16-30(62)17-15-29/h5-7,10-11,14-17,26-27,31-36,62H,8-9,12-13,18-25,47H2,1-4H3,(H2,48,65)(H,55,63)(H,56,66)(H,57,64)(H,58,67)(H,59,69)(H,60,68)(H,61,70)(H4,49,50,53)(H4,51,52,54)/t31-,32-,33-,34+,35-,36-/m0/s1. The van der Waals surface area contributed by atoms with Gasteiger partial charge in [0.15, 0.2) is 11.9 Å². The smallest absolute Gasteiger partial charge is 0.243 e. The summed E-state index contributed by atoms with van der Waals surface area (Å²) >= 11 is 0. The third-order valence-electron chi connectivity index (χ3n) is 10.4. The molecule has 6 atom stereocenters. The van der Waals surface area contributed by atoms with Crippen molar-refractivity contribution >= 4 is 59.2 Å². The largest absolute Gasteiger partial charge is 0.508 e. The second-order valence-electron chi connectivity index (χ2n) is 17.6. The molecule has 8 amide bonds. The van der Waals surface area contributed by atoms with E-state index in [0.29, 0.717) is 11.1 Å². The highest BCUT2D eigenvalue weighted by Crippen LogP contribution is 2.13. The van der Waals surface area contributed by atoms with Crippen LogP contribution >= 0.6 is 0 Å². The molecule has 20 N–H and O–H groups in total. The molecule has 0 aromatic heterocycles. The van der Waals surface area contributed by atoms with Gasteiger partial charge in [0, 0.05) is 19.5 Å². The molecule has 0 bridgehead atoms. The molecular weight excluding hydrogens is 907 g/mol. The Morgan fingerprint density at radius 3 is 1.46 bits per heavy atom. The van der Waals surface area contributed by atoms with Gasteiger partial charge in [-0.2, -0.15) is 0 Å². The molecule has 0 aliphatic rings. The van der Waals surface area contributed by atoms with Crippen LogP contribution in [0.15, 0.2) is 64.6 Å². The fraction of sp³-hybridized carbons (Fsp3) is 0.522. The van der Waals surface area contributed by atoms with E-state index in [0.717, 1.165) is 0 Å². The Kier molecular flexibility index (Phi) is 25.8. The highest BCUT2D eigenvalue weighted by atomic mass is 16.3. The van der Waals surface area contributed by atoms with Crippen molar-refractivity contribution in [2.45, 2.75) is 115 Å². The van der Waals surface area contributed by atoms with Crippen LogP contribution in [0.25, 0.3) is 0 Å². The fourth-order valence-electron chi connectivity index (χ4n) is 6.88. The zero-order valence-corrected chi connectivity index (χ0v) is 40.4. The van der Waals surface area contributed by atoms with Crippen LogP contribution in [0.3, 0.4) is 0 Å². The van der Waals surface area contributed by atoms with E-state index in [2.05, 4.69) is 47.2 Å². The first kappa shape index (κ1) is 58.6. The van der Waals surface area contributed by atoms with Crippen LogP contribution in [0.2, 0.25) is 0 Å². The molecule has 0 spiro atoms. The number of aliphatic imine (C=N–C) groups is 2. The number of hydrogen-bond acceptors (Lipinski definition) is 12. The Hall–Kier alpha value is -7.50. The molecule has 0 saturated heterocycles. The average Bonchev–Trinajstić information content (AvgIpc) is 3.29. The zero-order chi connectivity index (χ0) is 52.3. The van der Waals surface area contributed by atoms with E-state index in [9.17, 15) is 43.5 Å². The lowest BCUT2D eigenvalue weighted by Crippen LogP contribution is -2.59. The molecule has 2 aromatic rings. The number of benzene rings is 2. The summed E-state index contributed by atoms with van der Waals surface area (Å²) in [6, 6.07) is 7.78. The third-order valence-corrected chi connectivity index (χ3v) is 10.4. The molecule has 2 aromatic carbocycles. The second-order valence-corrected chi connectivity index (χ2v) is 17.6. The maximum atomic E-state index is 14.2. The van der Waals surface area contributed by atoms with E-state index in [4.69, 9.17) is 34.4 Å². The first-order chi connectivity index (χ1) is 33.0. The average molecular weight is 980 g/mol. The Labute approximate surface area is 408 Å². The molecule has 24 heteroatoms. The van der Waals surface area contributed by atoms with Crippen LogP contribution in [0.4, 0.5) is 0 Å². The molecule has 386 valence electrons. The predicted octanol–water partition coefficient (Wildman–Crippen LogP) is -3.15. The number of nitrogens with two attached hydrogens (primary N) is 6. The lowest BCUT2D eigenvalue weighted by atomic mass is 10.00. The number of nitrogens with zero attached hydrogens (tertiary/aromatic N) is 2. The van der Waals surface area contributed by atoms with Crippen molar-refractivity contribution in [3.8, 4) is 5.75 Å². The van der Waals surface area contributed by atoms with E-state index < -0.39 is 96.6 Å². The Morgan fingerprint density at radius 2 is 0.957 bits per heavy atom. The highest BCUT2D eigenvalue weighted by Gasteiger charge is 2.33. The molecule has 0 aliphatic carbocycles. The lowest BCUT2D eigenvalue weighted by molar-refractivity contribution is -0.135. The number of guanidine groups is 2. The van der Waals surface area contributed by atoms with Crippen LogP contribution < -0.4 is 71.6 Å². The van der Waals surface area contributed by atoms with Crippen molar-refractivity contribution in [2.75, 3.05) is 26.2 Å². The molecule has 0 saturated carbocycles. The molecule has 0 aliphatic heterocycles. The Bertz CT molecular complexity index is 2100. The number of carbonyl (C=O) groups is 8. The Balaban J connectivity index is 2.29. The summed E-state index contributed by atoms with van der Waals surface area (Å²) in [7, 11) is 0. The van der Waals surface area contributed by atoms with E-state index in [1.54, 1.807) is 42.5 Å². The molecular formula is C46H73N15O9. The minimum atomic E-state index is -1.30. The summed E-state index contributed by atoms with van der Waals surface area (Å²) < 4.78 is 0. The molecule has 70 heavy (non-hydrogen) atoms. The first-order valence-corrected chi connectivity index (χ1v) is 23.1. The zero-order valence-electron chi connectivity index (χ0n) is 40.4. The summed E-state index contributed by atoms with van der Waals surface area (Å²) in [5.41, 5.74) is 34.8. The third kappa shape index (κ3) is 24.0. The van der Waals surface area contributed by atoms with Gasteiger partial charge in [-0.3, -0.25) is 48.3 Å². The van der Waals surface area contributed by atoms with Gasteiger partial charge in [0.05, 0.1) is 19.1 Å². The van der Waals surface area contributed by atoms with Gasteiger partial charge < -0.3 is 76.7 Å². The molecule has 24 nitrogen and oxygen atoms in total. The van der Waals surface area contributed by atoms with Crippen LogP contribution in [0, 0.1) is 11.8 Å². The number of primary amides is 1. The highest BCUT2D eigenvalue weighted by molar-refractivity contribution is 5.97. The van der Waals surface area contributed by atoms with Gasteiger partial charge in [0.1, 0.15) is 36.0 Å². The number of hydrogen-bond donors (Lipinski definition) is 14. The summed E-state index contributed by atoms with van der Waals surface area (Å²) in [5.74, 6) is -6.36. The number of carbonyl (C=O) groups excluding carboxylic acids is 8. The van der Waals surface area contributed by atoms with Gasteiger partial charge in [-0.15, -0.1) is 0 Å². The topological polar surface area (TPSA) is 422 Å². The minimum Gasteiger partial charge on any atom is -0.508 e. The van der Waals surface area contributed by atoms with Crippen LogP contribution in [-0.2, 0) is 51.2 Å². The normalized spacial score (nSPS) is 13.5. The second kappa shape index (κ2) is 30.8. The van der Waals surface area contributed by atoms with Gasteiger partial charge in [-0.25, -0.2) is 0 Å². The van der Waals surface area contributed by atoms with Crippen molar-refractivity contribution in [2.24, 2.45) is 56.2 Å². The van der Waals surface area contributed by atoms with Gasteiger partial charge >= 0.3 is 0 Å². The molecule has 0 heterocycles. The Morgan fingerprint density at radius 1 is 0.514 bits per heavy atom. The monoisotopic (exact) mass is 980 g/mol. The van der Waals surface area contributed by atoms with Crippen LogP contribution in [0.1, 0.15) is 77.3 Å². The maximum Gasteiger partial charge on any atom is 0.243 e. The van der Waals surface area contributed by atoms with Gasteiger partial charge in [0.2, 0.25) is 47.3 Å². The van der Waals surface area contributed by atoms with Crippen molar-refractivity contribution < 1.29 is 43.5 Å². The van der Waals surface area contributed by atoms with E-state index in [1.165, 1.54) is 12.1 Å². The summed E-state index contributed by atoms with van der Waals surface area (Å²) in [6.07, 6.45) is 0.868. The molecule has 0 fully saturated rings. The van der Waals surface area contributed by atoms with Crippen molar-refractivity contribution in [1.82, 2.24) is 37.2 Å². The number of aromatic hydroxyl groups is 1. The fourth-order valence-corrected chi connectivity index (χ4v) is 6.88. The van der Waals surface area contributed by atoms with Crippen molar-refractivity contribution in [3.05, 3.63) is 65.7 Å². The van der Waals surface area contributed by atoms with E-state index in [-0.39, 0.29) is 94.0 Å². The maximum absolute atomic E-state index is 14.2. The van der Waals surface area contributed by atoms with Crippen molar-refractivity contribution in [1.29, 1.82) is 0 Å². The minimum absolute atomic E-state index is 0.0162. The quantitative estimate of drug-likeness (QED) is 0.0202. The SMILES string of the molecule is CC(C)C[C@H](NC(=O)[C@H](Cc1ccccc1)NC(=O)CNC(=O)CNC(=O)[C@@H](N)Cc1ccc(O)cc1)C(=O)N[C@@H](CCCN=C(N)N)C(=O)N[C@@H](CCCN=C(N)N)C(=O)N[C@H](CC(C)C)C(N)=O. The summed E-state index contributed by atoms with van der Waals surface area (Å²) in [4.78, 5) is 115. The number of phenolic OH excluding ortho intramolecular Hbond substituents is 1. The molecule has 0 radical (unpaired) electrons. The van der Waals surface area contributed by atoms with Crippen LogP contribution in [-0.4, -0.2) is 127 Å². The van der Waals surface area contributed by atoms with Crippen LogP contribution in [0.5, 0.6) is 5.75 Å². The van der Waals surface area contributed by atoms with Gasteiger partial charge in [-0.1, -0.05) is 70.2 Å². The first-order valence-electron chi connectivity index (χ1n) is 23.1. The molecule has 2 rings (SSSR count). The number of rotatable bonds is 31. The van der Waals surface area contributed by atoms with Gasteiger partial charge in [0.25, 0.3) is 0 Å². The molecule has 0 unspecified atom stereocenters.